The Kier molecular flexibility index (Phi) is 1.78. The summed E-state index contributed by atoms with van der Waals surface area (Å²) in [7, 11) is 0. The van der Waals surface area contributed by atoms with E-state index < -0.39 is 12.3 Å². The van der Waals surface area contributed by atoms with Gasteiger partial charge in [0.2, 0.25) is 6.17 Å². The van der Waals surface area contributed by atoms with Crippen molar-refractivity contribution < 1.29 is 18.4 Å². The summed E-state index contributed by atoms with van der Waals surface area (Å²) >= 11 is 0. The zero-order valence-corrected chi connectivity index (χ0v) is 6.78. The third kappa shape index (κ3) is 1.25. The predicted molar refractivity (Wildman–Crippen MR) is 42.0 cm³/mol. The van der Waals surface area contributed by atoms with Crippen LogP contribution in [0.1, 0.15) is 0 Å². The van der Waals surface area contributed by atoms with Gasteiger partial charge < -0.3 is 5.32 Å². The summed E-state index contributed by atoms with van der Waals surface area (Å²) in [6.45, 7) is 0. The topological polar surface area (TPSA) is 48.4 Å². The third-order valence-electron chi connectivity index (χ3n) is 1.85. The third-order valence-corrected chi connectivity index (χ3v) is 1.85. The molecule has 0 bridgehead atoms. The molecule has 1 unspecified atom stereocenters. The lowest BCUT2D eigenvalue weighted by Crippen LogP contribution is -2.45. The second-order valence-electron chi connectivity index (χ2n) is 2.81. The average molecular weight is 205 g/mol. The number of aromatic nitrogens is 1. The Morgan fingerprint density at radius 2 is 2.21 bits per heavy atom. The quantitative estimate of drug-likeness (QED) is 0.675. The van der Waals surface area contributed by atoms with Crippen molar-refractivity contribution in [3.8, 4) is 0 Å². The van der Waals surface area contributed by atoms with Crippen molar-refractivity contribution in [2.45, 2.75) is 12.3 Å². The second-order valence-corrected chi connectivity index (χ2v) is 2.81. The number of nitrogens with zero attached hydrogens (tertiary/aromatic N) is 2. The smallest absolute Gasteiger partial charge is 0.353 e. The maximum atomic E-state index is 12.3. The molecule has 1 aromatic heterocycles. The lowest BCUT2D eigenvalue weighted by Gasteiger charge is -2.21. The Bertz CT molecular complexity index is 354. The number of pyridine rings is 1. The van der Waals surface area contributed by atoms with Crippen LogP contribution in [0.25, 0.3) is 0 Å². The fraction of sp³-hybridized carbons (Fsp3) is 0.286. The molecule has 0 aliphatic carbocycles. The number of hydrogen-bond donors (Lipinski definition) is 2. The van der Waals surface area contributed by atoms with E-state index in [1.165, 1.54) is 18.3 Å². The Labute approximate surface area is 76.9 Å². The van der Waals surface area contributed by atoms with Gasteiger partial charge >= 0.3 is 6.18 Å². The summed E-state index contributed by atoms with van der Waals surface area (Å²) in [5.74, 6) is -0.116. The highest BCUT2D eigenvalue weighted by Crippen LogP contribution is 2.37. The van der Waals surface area contributed by atoms with Gasteiger partial charge in [-0.1, -0.05) is 0 Å². The summed E-state index contributed by atoms with van der Waals surface area (Å²) < 4.78 is 36.9. The fourth-order valence-electron chi connectivity index (χ4n) is 1.24. The highest BCUT2D eigenvalue weighted by molar-refractivity contribution is 5.70. The average Bonchev–Trinajstić information content (AvgIpc) is 2.44. The van der Waals surface area contributed by atoms with E-state index in [2.05, 4.69) is 10.3 Å². The number of rotatable bonds is 0. The minimum absolute atomic E-state index is 0.0787. The van der Waals surface area contributed by atoms with Gasteiger partial charge in [0.05, 0.1) is 5.69 Å². The molecule has 0 amide bonds. The number of alkyl halides is 3. The lowest BCUT2D eigenvalue weighted by atomic mass is 10.4. The molecule has 1 aromatic rings. The maximum absolute atomic E-state index is 12.3. The molecule has 2 rings (SSSR count). The van der Waals surface area contributed by atoms with Crippen LogP contribution in [0.15, 0.2) is 18.3 Å². The van der Waals surface area contributed by atoms with Gasteiger partial charge in [0, 0.05) is 6.20 Å². The number of hydrogen-bond acceptors (Lipinski definition) is 4. The number of halogens is 3. The summed E-state index contributed by atoms with van der Waals surface area (Å²) in [4.78, 5) is 3.62. The Morgan fingerprint density at radius 3 is 2.79 bits per heavy atom. The van der Waals surface area contributed by atoms with Gasteiger partial charge in [0.15, 0.2) is 5.82 Å². The van der Waals surface area contributed by atoms with E-state index in [1.54, 1.807) is 0 Å². The molecule has 1 aliphatic heterocycles. The monoisotopic (exact) mass is 205 g/mol. The number of nitrogens with one attached hydrogen (secondary N) is 1. The van der Waals surface area contributed by atoms with E-state index in [-0.39, 0.29) is 16.6 Å². The number of hydroxylamine groups is 1. The van der Waals surface area contributed by atoms with E-state index in [0.29, 0.717) is 0 Å². The van der Waals surface area contributed by atoms with Gasteiger partial charge in [-0.05, 0) is 12.1 Å². The van der Waals surface area contributed by atoms with Crippen LogP contribution in [0.2, 0.25) is 0 Å². The summed E-state index contributed by atoms with van der Waals surface area (Å²) in [5, 5.41) is 11.4. The molecular formula is C7H6F3N3O. The van der Waals surface area contributed by atoms with Crippen LogP contribution >= 0.6 is 0 Å². The molecule has 2 N–H and O–H groups in total. The van der Waals surface area contributed by atoms with E-state index in [1.807, 2.05) is 0 Å². The van der Waals surface area contributed by atoms with Crippen molar-refractivity contribution in [1.29, 1.82) is 0 Å². The van der Waals surface area contributed by atoms with Gasteiger partial charge in [-0.3, -0.25) is 5.21 Å². The van der Waals surface area contributed by atoms with Crippen molar-refractivity contribution in [3.63, 3.8) is 0 Å². The van der Waals surface area contributed by atoms with Gasteiger partial charge in [0.25, 0.3) is 0 Å². The lowest BCUT2D eigenvalue weighted by molar-refractivity contribution is -0.152. The summed E-state index contributed by atoms with van der Waals surface area (Å²) in [5.41, 5.74) is 0.164. The van der Waals surface area contributed by atoms with Crippen molar-refractivity contribution in [1.82, 2.24) is 4.98 Å². The molecule has 14 heavy (non-hydrogen) atoms. The molecule has 0 radical (unpaired) electrons. The summed E-state index contributed by atoms with van der Waals surface area (Å²) in [6.07, 6.45) is -5.36. The molecule has 76 valence electrons. The first kappa shape index (κ1) is 9.07. The first-order valence-electron chi connectivity index (χ1n) is 3.76. The van der Waals surface area contributed by atoms with E-state index in [0.717, 1.165) is 0 Å². The highest BCUT2D eigenvalue weighted by Gasteiger charge is 2.48. The summed E-state index contributed by atoms with van der Waals surface area (Å²) in [6, 6.07) is 2.90. The second kappa shape index (κ2) is 2.74. The van der Waals surface area contributed by atoms with Crippen molar-refractivity contribution in [2.75, 3.05) is 10.4 Å². The molecular weight excluding hydrogens is 199 g/mol. The van der Waals surface area contributed by atoms with E-state index in [4.69, 9.17) is 5.21 Å². The van der Waals surface area contributed by atoms with Crippen molar-refractivity contribution in [3.05, 3.63) is 18.3 Å². The van der Waals surface area contributed by atoms with Crippen LogP contribution < -0.4 is 10.4 Å². The zero-order valence-electron chi connectivity index (χ0n) is 6.78. The SMILES string of the molecule is ON1c2ncccc2NC1C(F)(F)F. The molecule has 2 heterocycles. The Balaban J connectivity index is 2.35. The molecule has 0 saturated heterocycles. The van der Waals surface area contributed by atoms with Crippen LogP contribution in [0.5, 0.6) is 0 Å². The van der Waals surface area contributed by atoms with Gasteiger partial charge in [0.1, 0.15) is 0 Å². The Morgan fingerprint density at radius 1 is 1.50 bits per heavy atom. The van der Waals surface area contributed by atoms with Crippen LogP contribution in [0, 0.1) is 0 Å². The van der Waals surface area contributed by atoms with Gasteiger partial charge in [-0.15, -0.1) is 0 Å². The molecule has 1 aliphatic rings. The fourth-order valence-corrected chi connectivity index (χ4v) is 1.24. The maximum Gasteiger partial charge on any atom is 0.429 e. The molecule has 4 nitrogen and oxygen atoms in total. The Hall–Kier alpha value is -1.50. The van der Waals surface area contributed by atoms with Crippen LogP contribution in [-0.2, 0) is 0 Å². The minimum atomic E-state index is -4.55. The van der Waals surface area contributed by atoms with Crippen molar-refractivity contribution in [2.24, 2.45) is 0 Å². The number of fused-ring (bicyclic) bond motifs is 1. The van der Waals surface area contributed by atoms with Crippen LogP contribution in [0.4, 0.5) is 24.7 Å². The molecule has 7 heteroatoms. The van der Waals surface area contributed by atoms with Crippen LogP contribution in [-0.4, -0.2) is 22.5 Å². The molecule has 0 aromatic carbocycles. The predicted octanol–water partition coefficient (Wildman–Crippen LogP) is 1.59. The molecule has 1 atom stereocenters. The number of anilines is 2. The zero-order chi connectivity index (χ0) is 10.3. The van der Waals surface area contributed by atoms with Crippen LogP contribution in [0.3, 0.4) is 0 Å². The van der Waals surface area contributed by atoms with E-state index in [9.17, 15) is 13.2 Å². The largest absolute Gasteiger partial charge is 0.429 e. The molecule has 0 saturated carbocycles. The van der Waals surface area contributed by atoms with Gasteiger partial charge in [-0.25, -0.2) is 10.0 Å². The van der Waals surface area contributed by atoms with E-state index >= 15 is 0 Å². The highest BCUT2D eigenvalue weighted by atomic mass is 19.4. The van der Waals surface area contributed by atoms with Crippen molar-refractivity contribution >= 4 is 11.5 Å². The molecule has 0 spiro atoms. The minimum Gasteiger partial charge on any atom is -0.353 e. The normalized spacial score (nSPS) is 20.6. The first-order chi connectivity index (χ1) is 6.50. The van der Waals surface area contributed by atoms with Gasteiger partial charge in [-0.2, -0.15) is 13.2 Å². The first-order valence-corrected chi connectivity index (χ1v) is 3.76. The standard InChI is InChI=1S/C7H6F3N3O/c8-7(9,10)6-12-4-2-1-3-11-5(4)13(6)14/h1-3,6,12,14H. The molecule has 0 fully saturated rings.